The van der Waals surface area contributed by atoms with Gasteiger partial charge in [0.2, 0.25) is 10.0 Å². The molecule has 0 aliphatic heterocycles. The fraction of sp³-hybridized carbons (Fsp3) is 0.333. The van der Waals surface area contributed by atoms with Crippen LogP contribution in [0.4, 0.5) is 5.13 Å². The molecular formula is C15H17N3O3S2. The van der Waals surface area contributed by atoms with Gasteiger partial charge in [-0.1, -0.05) is 18.9 Å². The third kappa shape index (κ3) is 3.95. The lowest BCUT2D eigenvalue weighted by Gasteiger charge is -2.13. The minimum Gasteiger partial charge on any atom is -0.298 e. The largest absolute Gasteiger partial charge is 0.298 e. The van der Waals surface area contributed by atoms with Gasteiger partial charge in [0.1, 0.15) is 0 Å². The molecule has 3 rings (SSSR count). The van der Waals surface area contributed by atoms with E-state index in [1.807, 2.05) is 0 Å². The highest BCUT2D eigenvalue weighted by Crippen LogP contribution is 2.21. The molecule has 0 radical (unpaired) electrons. The molecule has 1 heterocycles. The van der Waals surface area contributed by atoms with Crippen LogP contribution < -0.4 is 10.0 Å². The van der Waals surface area contributed by atoms with Crippen LogP contribution in [0.25, 0.3) is 0 Å². The van der Waals surface area contributed by atoms with E-state index in [-0.39, 0.29) is 22.4 Å². The molecular weight excluding hydrogens is 334 g/mol. The smallest absolute Gasteiger partial charge is 0.257 e. The number of nitrogens with zero attached hydrogens (tertiary/aromatic N) is 1. The van der Waals surface area contributed by atoms with Gasteiger partial charge in [0.25, 0.3) is 5.91 Å². The third-order valence-corrected chi connectivity index (χ3v) is 5.94. The lowest BCUT2D eigenvalue weighted by molar-refractivity contribution is 0.102. The van der Waals surface area contributed by atoms with Gasteiger partial charge in [-0.15, -0.1) is 11.3 Å². The summed E-state index contributed by atoms with van der Waals surface area (Å²) in [5, 5.41) is 4.87. The van der Waals surface area contributed by atoms with Gasteiger partial charge in [0.15, 0.2) is 5.13 Å². The second-order valence-electron chi connectivity index (χ2n) is 5.42. The van der Waals surface area contributed by atoms with Gasteiger partial charge in [0, 0.05) is 23.2 Å². The SMILES string of the molecule is O=C(Nc1nccs1)c1cccc(S(=O)(=O)NC2CCCC2)c1. The maximum atomic E-state index is 12.4. The summed E-state index contributed by atoms with van der Waals surface area (Å²) in [5.41, 5.74) is 0.287. The zero-order valence-electron chi connectivity index (χ0n) is 12.4. The monoisotopic (exact) mass is 351 g/mol. The molecule has 1 aromatic heterocycles. The molecule has 0 atom stereocenters. The molecule has 1 aromatic carbocycles. The number of sulfonamides is 1. The molecule has 2 N–H and O–H groups in total. The predicted octanol–water partition coefficient (Wildman–Crippen LogP) is 2.62. The summed E-state index contributed by atoms with van der Waals surface area (Å²) in [5.74, 6) is -0.377. The first-order chi connectivity index (χ1) is 11.0. The van der Waals surface area contributed by atoms with Crippen LogP contribution in [0.2, 0.25) is 0 Å². The first-order valence-corrected chi connectivity index (χ1v) is 9.74. The Morgan fingerprint density at radius 2 is 2.04 bits per heavy atom. The van der Waals surface area contributed by atoms with E-state index in [0.29, 0.717) is 5.13 Å². The van der Waals surface area contributed by atoms with Crippen molar-refractivity contribution in [1.82, 2.24) is 9.71 Å². The highest BCUT2D eigenvalue weighted by Gasteiger charge is 2.23. The Labute approximate surface area is 139 Å². The van der Waals surface area contributed by atoms with Gasteiger partial charge in [-0.05, 0) is 31.0 Å². The van der Waals surface area contributed by atoms with Crippen molar-refractivity contribution in [2.45, 2.75) is 36.6 Å². The average Bonchev–Trinajstić information content (AvgIpc) is 3.21. The fourth-order valence-corrected chi connectivity index (χ4v) is 4.46. The number of hydrogen-bond donors (Lipinski definition) is 2. The fourth-order valence-electron chi connectivity index (χ4n) is 2.59. The highest BCUT2D eigenvalue weighted by atomic mass is 32.2. The number of amides is 1. The lowest BCUT2D eigenvalue weighted by atomic mass is 10.2. The van der Waals surface area contributed by atoms with Crippen molar-refractivity contribution < 1.29 is 13.2 Å². The molecule has 0 unspecified atom stereocenters. The molecule has 1 aliphatic rings. The normalized spacial score (nSPS) is 15.7. The topological polar surface area (TPSA) is 88.2 Å². The summed E-state index contributed by atoms with van der Waals surface area (Å²) in [4.78, 5) is 16.3. The minimum atomic E-state index is -3.60. The van der Waals surface area contributed by atoms with Gasteiger partial charge >= 0.3 is 0 Å². The molecule has 1 aliphatic carbocycles. The molecule has 0 bridgehead atoms. The summed E-state index contributed by atoms with van der Waals surface area (Å²) < 4.78 is 27.6. The molecule has 8 heteroatoms. The van der Waals surface area contributed by atoms with E-state index in [9.17, 15) is 13.2 Å². The van der Waals surface area contributed by atoms with Crippen LogP contribution in [0.3, 0.4) is 0 Å². The van der Waals surface area contributed by atoms with Crippen molar-refractivity contribution in [3.63, 3.8) is 0 Å². The highest BCUT2D eigenvalue weighted by molar-refractivity contribution is 7.89. The molecule has 2 aromatic rings. The van der Waals surface area contributed by atoms with E-state index in [1.54, 1.807) is 23.7 Å². The third-order valence-electron chi connectivity index (χ3n) is 3.74. The number of anilines is 1. The molecule has 1 amide bonds. The number of benzene rings is 1. The van der Waals surface area contributed by atoms with Gasteiger partial charge < -0.3 is 0 Å². The number of nitrogens with one attached hydrogen (secondary N) is 2. The maximum Gasteiger partial charge on any atom is 0.257 e. The Morgan fingerprint density at radius 1 is 1.26 bits per heavy atom. The van der Waals surface area contributed by atoms with Crippen LogP contribution in [0.15, 0.2) is 40.7 Å². The summed E-state index contributed by atoms with van der Waals surface area (Å²) in [7, 11) is -3.60. The van der Waals surface area contributed by atoms with E-state index in [0.717, 1.165) is 25.7 Å². The zero-order valence-corrected chi connectivity index (χ0v) is 14.0. The van der Waals surface area contributed by atoms with E-state index >= 15 is 0 Å². The average molecular weight is 351 g/mol. The Balaban J connectivity index is 1.77. The van der Waals surface area contributed by atoms with Gasteiger partial charge in [-0.3, -0.25) is 10.1 Å². The zero-order chi connectivity index (χ0) is 16.3. The maximum absolute atomic E-state index is 12.4. The Bertz CT molecular complexity index is 782. The minimum absolute atomic E-state index is 0.00667. The Morgan fingerprint density at radius 3 is 2.74 bits per heavy atom. The van der Waals surface area contributed by atoms with Crippen molar-refractivity contribution in [3.8, 4) is 0 Å². The van der Waals surface area contributed by atoms with Gasteiger partial charge in [-0.25, -0.2) is 18.1 Å². The summed E-state index contributed by atoms with van der Waals surface area (Å²) in [6, 6.07) is 6.03. The van der Waals surface area contributed by atoms with Crippen molar-refractivity contribution in [2.24, 2.45) is 0 Å². The molecule has 6 nitrogen and oxygen atoms in total. The number of rotatable bonds is 5. The van der Waals surface area contributed by atoms with Crippen molar-refractivity contribution in [1.29, 1.82) is 0 Å². The summed E-state index contributed by atoms with van der Waals surface area (Å²) >= 11 is 1.30. The van der Waals surface area contributed by atoms with Crippen LogP contribution >= 0.6 is 11.3 Å². The van der Waals surface area contributed by atoms with Crippen LogP contribution in [-0.2, 0) is 10.0 Å². The second-order valence-corrected chi connectivity index (χ2v) is 8.03. The number of hydrogen-bond acceptors (Lipinski definition) is 5. The molecule has 23 heavy (non-hydrogen) atoms. The van der Waals surface area contributed by atoms with Crippen molar-refractivity contribution >= 4 is 32.4 Å². The summed E-state index contributed by atoms with van der Waals surface area (Å²) in [6.07, 6.45) is 5.41. The van der Waals surface area contributed by atoms with Crippen LogP contribution in [0.5, 0.6) is 0 Å². The molecule has 1 saturated carbocycles. The molecule has 1 fully saturated rings. The first-order valence-electron chi connectivity index (χ1n) is 7.38. The second kappa shape index (κ2) is 6.77. The number of carbonyl (C=O) groups excluding carboxylic acids is 1. The molecule has 0 spiro atoms. The number of carbonyl (C=O) groups is 1. The first kappa shape index (κ1) is 16.1. The number of thiazole rings is 1. The van der Waals surface area contributed by atoms with Crippen molar-refractivity contribution in [3.05, 3.63) is 41.4 Å². The Kier molecular flexibility index (Phi) is 4.74. The molecule has 0 saturated heterocycles. The van der Waals surface area contributed by atoms with Gasteiger partial charge in [-0.2, -0.15) is 0 Å². The quantitative estimate of drug-likeness (QED) is 0.867. The number of aromatic nitrogens is 1. The van der Waals surface area contributed by atoms with E-state index in [2.05, 4.69) is 15.0 Å². The van der Waals surface area contributed by atoms with E-state index < -0.39 is 10.0 Å². The van der Waals surface area contributed by atoms with Crippen LogP contribution in [0, 0.1) is 0 Å². The lowest BCUT2D eigenvalue weighted by Crippen LogP contribution is -2.32. The standard InChI is InChI=1S/C15H17N3O3S2/c19-14(17-15-16-8-9-22-15)11-4-3-7-13(10-11)23(20,21)18-12-5-1-2-6-12/h3-4,7-10,12,18H,1-2,5-6H2,(H,16,17,19). The van der Waals surface area contributed by atoms with Crippen LogP contribution in [-0.4, -0.2) is 25.4 Å². The summed E-state index contributed by atoms with van der Waals surface area (Å²) in [6.45, 7) is 0. The predicted molar refractivity (Wildman–Crippen MR) is 89.1 cm³/mol. The van der Waals surface area contributed by atoms with Crippen molar-refractivity contribution in [2.75, 3.05) is 5.32 Å². The van der Waals surface area contributed by atoms with Gasteiger partial charge in [0.05, 0.1) is 4.90 Å². The molecule has 122 valence electrons. The van der Waals surface area contributed by atoms with E-state index in [4.69, 9.17) is 0 Å². The van der Waals surface area contributed by atoms with E-state index in [1.165, 1.54) is 23.5 Å². The Hall–Kier alpha value is -1.77. The van der Waals surface area contributed by atoms with Crippen LogP contribution in [0.1, 0.15) is 36.0 Å².